The van der Waals surface area contributed by atoms with E-state index in [1.165, 1.54) is 17.6 Å². The second kappa shape index (κ2) is 9.00. The van der Waals surface area contributed by atoms with E-state index in [0.717, 1.165) is 60.4 Å². The van der Waals surface area contributed by atoms with E-state index in [1.807, 2.05) is 17.2 Å². The van der Waals surface area contributed by atoms with Gasteiger partial charge in [-0.05, 0) is 78.4 Å². The van der Waals surface area contributed by atoms with Crippen LogP contribution in [-0.4, -0.2) is 42.8 Å². The Morgan fingerprint density at radius 3 is 3.00 bits per heavy atom. The van der Waals surface area contributed by atoms with Gasteiger partial charge < -0.3 is 15.0 Å². The predicted molar refractivity (Wildman–Crippen MR) is 129 cm³/mol. The van der Waals surface area contributed by atoms with Gasteiger partial charge in [0.15, 0.2) is 11.6 Å². The van der Waals surface area contributed by atoms with E-state index in [1.54, 1.807) is 12.1 Å². The minimum Gasteiger partial charge on any atom is -0.505 e. The van der Waals surface area contributed by atoms with Crippen molar-refractivity contribution in [3.8, 4) is 5.75 Å². The van der Waals surface area contributed by atoms with Crippen molar-refractivity contribution in [1.29, 1.82) is 0 Å². The van der Waals surface area contributed by atoms with Gasteiger partial charge >= 0.3 is 0 Å². The molecular formula is C25H29FN6O2S. The maximum absolute atomic E-state index is 14.2. The number of aromatic amines is 1. The lowest BCUT2D eigenvalue weighted by atomic mass is 9.73. The van der Waals surface area contributed by atoms with Crippen molar-refractivity contribution < 1.29 is 14.3 Å². The van der Waals surface area contributed by atoms with Gasteiger partial charge in [-0.1, -0.05) is 6.92 Å². The number of aromatic nitrogens is 3. The van der Waals surface area contributed by atoms with Crippen molar-refractivity contribution in [2.45, 2.75) is 63.6 Å². The average molecular weight is 497 g/mol. The zero-order chi connectivity index (χ0) is 24.1. The number of nitrogens with zero attached hydrogens (tertiary/aromatic N) is 3. The molecule has 0 spiro atoms. The number of rotatable bonds is 4. The fourth-order valence-corrected chi connectivity index (χ4v) is 6.55. The molecule has 1 saturated carbocycles. The number of phenolic OH excluding ortho intramolecular Hbond substituents is 1. The maximum atomic E-state index is 14.2. The fourth-order valence-electron chi connectivity index (χ4n) is 6.04. The zero-order valence-electron chi connectivity index (χ0n) is 19.6. The van der Waals surface area contributed by atoms with Gasteiger partial charge in [0, 0.05) is 24.4 Å². The number of aromatic hydroxyl groups is 1. The standard InChI is InChI=1S/C25H29FN6O2S/c1-2-13-10-22(33)17(26)11-16(13)14-3-4-15-20(9-14)29-30-23(15)24-27-18-5-7-32(12-21(18)28-24)25(34)19-6-8-35-31-19/h6,8,10-11,14-15,20,23,29-30,33H,2-5,7,9,12H2,1H3,(H,27,28). The topological polar surface area (TPSA) is 106 Å². The molecule has 4 atom stereocenters. The number of benzene rings is 1. The third-order valence-electron chi connectivity index (χ3n) is 7.87. The van der Waals surface area contributed by atoms with Crippen molar-refractivity contribution in [3.63, 3.8) is 0 Å². The second-order valence-corrected chi connectivity index (χ2v) is 10.5. The first-order valence-electron chi connectivity index (χ1n) is 12.3. The van der Waals surface area contributed by atoms with E-state index >= 15 is 0 Å². The quantitative estimate of drug-likeness (QED) is 0.440. The molecule has 10 heteroatoms. The van der Waals surface area contributed by atoms with Crippen molar-refractivity contribution >= 4 is 17.4 Å². The zero-order valence-corrected chi connectivity index (χ0v) is 20.4. The summed E-state index contributed by atoms with van der Waals surface area (Å²) in [5.41, 5.74) is 11.5. The van der Waals surface area contributed by atoms with E-state index in [0.29, 0.717) is 24.7 Å². The number of halogens is 1. The number of carbonyl (C=O) groups is 1. The molecule has 35 heavy (non-hydrogen) atoms. The Hall–Kier alpha value is -2.82. The molecule has 4 unspecified atom stereocenters. The molecule has 4 N–H and O–H groups in total. The molecule has 2 aliphatic heterocycles. The number of hydrazine groups is 1. The Bertz CT molecular complexity index is 1250. The summed E-state index contributed by atoms with van der Waals surface area (Å²) in [5.74, 6) is 0.695. The first-order chi connectivity index (χ1) is 17.0. The van der Waals surface area contributed by atoms with Gasteiger partial charge in [0.1, 0.15) is 11.5 Å². The number of H-pyrrole nitrogens is 1. The summed E-state index contributed by atoms with van der Waals surface area (Å²) in [5, 5.41) is 11.6. The summed E-state index contributed by atoms with van der Waals surface area (Å²) < 4.78 is 18.3. The number of carbonyl (C=O) groups excluding carboxylic acids is 1. The summed E-state index contributed by atoms with van der Waals surface area (Å²) in [7, 11) is 0. The lowest BCUT2D eigenvalue weighted by molar-refractivity contribution is 0.0727. The van der Waals surface area contributed by atoms with Crippen molar-refractivity contribution in [2.24, 2.45) is 5.92 Å². The van der Waals surface area contributed by atoms with E-state index in [9.17, 15) is 14.3 Å². The van der Waals surface area contributed by atoms with Crippen LogP contribution < -0.4 is 10.9 Å². The van der Waals surface area contributed by atoms with Crippen LogP contribution in [0.2, 0.25) is 0 Å². The van der Waals surface area contributed by atoms with Gasteiger partial charge in [0.05, 0.1) is 24.0 Å². The molecule has 1 aromatic carbocycles. The molecule has 0 bridgehead atoms. The van der Waals surface area contributed by atoms with Crippen LogP contribution in [0, 0.1) is 11.7 Å². The molecule has 6 rings (SSSR count). The molecule has 1 saturated heterocycles. The van der Waals surface area contributed by atoms with Crippen LogP contribution in [0.4, 0.5) is 4.39 Å². The van der Waals surface area contributed by atoms with Crippen molar-refractivity contribution in [3.05, 3.63) is 63.4 Å². The molecule has 2 fully saturated rings. The summed E-state index contributed by atoms with van der Waals surface area (Å²) in [6.45, 7) is 3.19. The van der Waals surface area contributed by atoms with E-state index in [-0.39, 0.29) is 29.7 Å². The lowest BCUT2D eigenvalue weighted by Gasteiger charge is -2.33. The molecule has 1 aliphatic carbocycles. The number of fused-ring (bicyclic) bond motifs is 2. The van der Waals surface area contributed by atoms with Crippen LogP contribution >= 0.6 is 11.5 Å². The number of phenols is 1. The molecule has 4 heterocycles. The minimum absolute atomic E-state index is 0.0378. The van der Waals surface area contributed by atoms with Crippen LogP contribution in [0.25, 0.3) is 0 Å². The summed E-state index contributed by atoms with van der Waals surface area (Å²) in [4.78, 5) is 23.0. The summed E-state index contributed by atoms with van der Waals surface area (Å²) in [6.07, 6.45) is 4.36. The van der Waals surface area contributed by atoms with Crippen LogP contribution in [0.5, 0.6) is 5.75 Å². The largest absolute Gasteiger partial charge is 0.505 e. The number of hydrogen-bond acceptors (Lipinski definition) is 7. The van der Waals surface area contributed by atoms with Gasteiger partial charge in [-0.3, -0.25) is 10.2 Å². The molecule has 1 amide bonds. The van der Waals surface area contributed by atoms with Crippen molar-refractivity contribution in [2.75, 3.05) is 6.54 Å². The molecular weight excluding hydrogens is 467 g/mol. The number of hydrogen-bond donors (Lipinski definition) is 4. The number of aryl methyl sites for hydroxylation is 1. The van der Waals surface area contributed by atoms with Gasteiger partial charge in [-0.15, -0.1) is 0 Å². The van der Waals surface area contributed by atoms with Gasteiger partial charge in [0.25, 0.3) is 5.91 Å². The Labute approximate surface area is 207 Å². The lowest BCUT2D eigenvalue weighted by Crippen LogP contribution is -2.36. The predicted octanol–water partition coefficient (Wildman–Crippen LogP) is 3.57. The Morgan fingerprint density at radius 1 is 1.31 bits per heavy atom. The molecule has 3 aliphatic rings. The summed E-state index contributed by atoms with van der Waals surface area (Å²) in [6, 6.07) is 5.19. The number of nitrogens with one attached hydrogen (secondary N) is 3. The smallest absolute Gasteiger partial charge is 0.273 e. The monoisotopic (exact) mass is 496 g/mol. The highest BCUT2D eigenvalue weighted by molar-refractivity contribution is 7.03. The highest BCUT2D eigenvalue weighted by Gasteiger charge is 2.43. The summed E-state index contributed by atoms with van der Waals surface area (Å²) >= 11 is 1.29. The van der Waals surface area contributed by atoms with E-state index in [4.69, 9.17) is 4.98 Å². The molecule has 0 radical (unpaired) electrons. The second-order valence-electron chi connectivity index (χ2n) is 9.81. The fraction of sp³-hybridized carbons (Fsp3) is 0.480. The third-order valence-corrected chi connectivity index (χ3v) is 8.43. The maximum Gasteiger partial charge on any atom is 0.273 e. The molecule has 2 aromatic heterocycles. The van der Waals surface area contributed by atoms with Crippen LogP contribution in [0.3, 0.4) is 0 Å². The van der Waals surface area contributed by atoms with E-state index < -0.39 is 5.82 Å². The minimum atomic E-state index is -0.543. The SMILES string of the molecule is CCc1cc(O)c(F)cc1C1CCC2C(C1)NNC2c1nc2c([nH]1)CN(C(=O)c1ccsn1)CC2. The van der Waals surface area contributed by atoms with Crippen LogP contribution in [0.15, 0.2) is 23.6 Å². The Morgan fingerprint density at radius 2 is 2.20 bits per heavy atom. The highest BCUT2D eigenvalue weighted by Crippen LogP contribution is 2.44. The Balaban J connectivity index is 1.16. The third kappa shape index (κ3) is 4.03. The van der Waals surface area contributed by atoms with Crippen LogP contribution in [-0.2, 0) is 19.4 Å². The number of imidazole rings is 1. The van der Waals surface area contributed by atoms with Gasteiger partial charge in [-0.25, -0.2) is 14.8 Å². The van der Waals surface area contributed by atoms with Crippen molar-refractivity contribution in [1.82, 2.24) is 30.1 Å². The van der Waals surface area contributed by atoms with Gasteiger partial charge in [0.2, 0.25) is 0 Å². The first kappa shape index (κ1) is 22.6. The van der Waals surface area contributed by atoms with Crippen LogP contribution in [0.1, 0.15) is 77.0 Å². The molecule has 8 nitrogen and oxygen atoms in total. The molecule has 3 aromatic rings. The normalized spacial score (nSPS) is 25.9. The first-order valence-corrected chi connectivity index (χ1v) is 13.1. The number of amides is 1. The van der Waals surface area contributed by atoms with E-state index in [2.05, 4.69) is 20.2 Å². The molecule has 184 valence electrons. The highest BCUT2D eigenvalue weighted by atomic mass is 32.1. The average Bonchev–Trinajstić information content (AvgIpc) is 3.63. The Kier molecular flexibility index (Phi) is 5.82. The van der Waals surface area contributed by atoms with Gasteiger partial charge in [-0.2, -0.15) is 4.37 Å².